The highest BCUT2D eigenvalue weighted by Crippen LogP contribution is 2.19. The molecule has 0 fully saturated rings. The fourth-order valence-electron chi connectivity index (χ4n) is 1.40. The minimum absolute atomic E-state index is 0.0281. The van der Waals surface area contributed by atoms with Crippen LogP contribution >= 0.6 is 11.6 Å². The van der Waals surface area contributed by atoms with Crippen molar-refractivity contribution in [2.45, 2.75) is 13.8 Å². The second-order valence-electron chi connectivity index (χ2n) is 3.66. The first kappa shape index (κ1) is 13.3. The Bertz CT molecular complexity index is 599. The lowest BCUT2D eigenvalue weighted by molar-refractivity contribution is 0.102. The number of hydrogen-bond donors (Lipinski definition) is 2. The quantitative estimate of drug-likeness (QED) is 0.891. The third kappa shape index (κ3) is 3.19. The Kier molecular flexibility index (Phi) is 3.96. The maximum atomic E-state index is 12.0. The fraction of sp³-hybridized carbons (Fsp3) is 0.273. The molecule has 19 heavy (non-hydrogen) atoms. The number of halogens is 1. The number of amides is 1. The lowest BCUT2D eigenvalue weighted by Gasteiger charge is -2.06. The molecule has 2 aromatic rings. The molecular formula is C11H12ClN5O2. The fourth-order valence-corrected chi connectivity index (χ4v) is 1.59. The summed E-state index contributed by atoms with van der Waals surface area (Å²) in [6.45, 7) is 4.25. The summed E-state index contributed by atoms with van der Waals surface area (Å²) in [4.78, 5) is 16.1. The summed E-state index contributed by atoms with van der Waals surface area (Å²) < 4.78 is 5.06. The minimum atomic E-state index is -0.435. The van der Waals surface area contributed by atoms with Crippen molar-refractivity contribution in [2.75, 3.05) is 17.2 Å². The number of hydrogen-bond acceptors (Lipinski definition) is 6. The zero-order valence-electron chi connectivity index (χ0n) is 10.4. The van der Waals surface area contributed by atoms with E-state index in [-0.39, 0.29) is 16.6 Å². The molecule has 7 nitrogen and oxygen atoms in total. The lowest BCUT2D eigenvalue weighted by Crippen LogP contribution is -2.14. The Morgan fingerprint density at radius 2 is 2.26 bits per heavy atom. The smallest absolute Gasteiger partial charge is 0.322 e. The van der Waals surface area contributed by atoms with Crippen LogP contribution in [0.5, 0.6) is 0 Å². The van der Waals surface area contributed by atoms with E-state index in [4.69, 9.17) is 16.0 Å². The summed E-state index contributed by atoms with van der Waals surface area (Å²) in [6, 6.07) is 1.59. The van der Waals surface area contributed by atoms with E-state index < -0.39 is 5.91 Å². The highest BCUT2D eigenvalue weighted by molar-refractivity contribution is 6.34. The number of nitrogens with one attached hydrogen (secondary N) is 2. The van der Waals surface area contributed by atoms with Gasteiger partial charge in [-0.05, 0) is 13.0 Å². The average Bonchev–Trinajstić information content (AvgIpc) is 2.77. The first-order valence-corrected chi connectivity index (χ1v) is 5.99. The van der Waals surface area contributed by atoms with Gasteiger partial charge in [0, 0.05) is 19.7 Å². The van der Waals surface area contributed by atoms with Crippen molar-refractivity contribution in [1.82, 2.24) is 15.2 Å². The molecule has 0 aliphatic carbocycles. The average molecular weight is 282 g/mol. The number of carbonyl (C=O) groups excluding carboxylic acids is 1. The van der Waals surface area contributed by atoms with E-state index in [2.05, 4.69) is 25.8 Å². The van der Waals surface area contributed by atoms with Gasteiger partial charge in [-0.1, -0.05) is 16.7 Å². The molecule has 8 heteroatoms. The third-order valence-corrected chi connectivity index (χ3v) is 2.51. The topological polar surface area (TPSA) is 92.9 Å². The Hall–Kier alpha value is -2.15. The molecular weight excluding hydrogens is 270 g/mol. The van der Waals surface area contributed by atoms with Crippen molar-refractivity contribution in [2.24, 2.45) is 0 Å². The molecule has 0 saturated heterocycles. The molecule has 2 rings (SSSR count). The Labute approximate surface area is 114 Å². The molecule has 0 aliphatic heterocycles. The van der Waals surface area contributed by atoms with Crippen LogP contribution < -0.4 is 10.6 Å². The van der Waals surface area contributed by atoms with Crippen LogP contribution in [0.3, 0.4) is 0 Å². The van der Waals surface area contributed by atoms with Gasteiger partial charge in [-0.2, -0.15) is 0 Å². The molecule has 0 aliphatic rings. The Balaban J connectivity index is 2.20. The van der Waals surface area contributed by atoms with Gasteiger partial charge in [-0.25, -0.2) is 4.98 Å². The van der Waals surface area contributed by atoms with Crippen molar-refractivity contribution in [3.63, 3.8) is 0 Å². The van der Waals surface area contributed by atoms with Gasteiger partial charge in [0.2, 0.25) is 5.89 Å². The number of pyridine rings is 1. The van der Waals surface area contributed by atoms with Crippen LogP contribution in [-0.4, -0.2) is 27.6 Å². The van der Waals surface area contributed by atoms with Gasteiger partial charge in [-0.15, -0.1) is 5.10 Å². The maximum Gasteiger partial charge on any atom is 0.322 e. The number of rotatable bonds is 4. The van der Waals surface area contributed by atoms with Gasteiger partial charge in [0.25, 0.3) is 5.91 Å². The van der Waals surface area contributed by atoms with Crippen LogP contribution in [0, 0.1) is 6.92 Å². The SMILES string of the molecule is CCNc1cc(C(=O)Nc2nnc(C)o2)c(Cl)cn1. The summed E-state index contributed by atoms with van der Waals surface area (Å²) in [5, 5.41) is 13.0. The second-order valence-corrected chi connectivity index (χ2v) is 4.07. The maximum absolute atomic E-state index is 12.0. The van der Waals surface area contributed by atoms with Gasteiger partial charge in [-0.3, -0.25) is 10.1 Å². The molecule has 100 valence electrons. The van der Waals surface area contributed by atoms with Gasteiger partial charge < -0.3 is 9.73 Å². The van der Waals surface area contributed by atoms with E-state index in [0.717, 1.165) is 0 Å². The monoisotopic (exact) mass is 281 g/mol. The minimum Gasteiger partial charge on any atom is -0.408 e. The van der Waals surface area contributed by atoms with Crippen molar-refractivity contribution in [1.29, 1.82) is 0 Å². The molecule has 0 atom stereocenters. The van der Waals surface area contributed by atoms with E-state index in [0.29, 0.717) is 18.3 Å². The van der Waals surface area contributed by atoms with Crippen LogP contribution in [0.2, 0.25) is 5.02 Å². The van der Waals surface area contributed by atoms with Crippen LogP contribution in [0.1, 0.15) is 23.2 Å². The molecule has 2 heterocycles. The number of carbonyl (C=O) groups is 1. The summed E-state index contributed by atoms with van der Waals surface area (Å²) in [7, 11) is 0. The molecule has 2 aromatic heterocycles. The largest absolute Gasteiger partial charge is 0.408 e. The molecule has 0 bridgehead atoms. The van der Waals surface area contributed by atoms with Gasteiger partial charge in [0.15, 0.2) is 0 Å². The van der Waals surface area contributed by atoms with E-state index in [1.165, 1.54) is 6.20 Å². The van der Waals surface area contributed by atoms with Crippen LogP contribution in [0.4, 0.5) is 11.8 Å². The van der Waals surface area contributed by atoms with E-state index in [9.17, 15) is 4.79 Å². The number of aryl methyl sites for hydroxylation is 1. The van der Waals surface area contributed by atoms with Crippen molar-refractivity contribution >= 4 is 29.3 Å². The van der Waals surface area contributed by atoms with E-state index >= 15 is 0 Å². The van der Waals surface area contributed by atoms with Crippen molar-refractivity contribution < 1.29 is 9.21 Å². The van der Waals surface area contributed by atoms with Crippen molar-refractivity contribution in [3.8, 4) is 0 Å². The zero-order chi connectivity index (χ0) is 13.8. The standard InChI is InChI=1S/C11H12ClN5O2/c1-3-13-9-4-7(8(12)5-14-9)10(18)15-11-17-16-6(2)19-11/h4-5H,3H2,1-2H3,(H,13,14)(H,15,17,18). The van der Waals surface area contributed by atoms with Crippen molar-refractivity contribution in [3.05, 3.63) is 28.7 Å². The lowest BCUT2D eigenvalue weighted by atomic mass is 10.2. The van der Waals surface area contributed by atoms with E-state index in [1.807, 2.05) is 6.92 Å². The summed E-state index contributed by atoms with van der Waals surface area (Å²) >= 11 is 5.94. The normalized spacial score (nSPS) is 10.3. The highest BCUT2D eigenvalue weighted by atomic mass is 35.5. The summed E-state index contributed by atoms with van der Waals surface area (Å²) in [5.41, 5.74) is 0.281. The Morgan fingerprint density at radius 3 is 2.89 bits per heavy atom. The molecule has 0 unspecified atom stereocenters. The molecule has 0 radical (unpaired) electrons. The van der Waals surface area contributed by atoms with Gasteiger partial charge >= 0.3 is 6.01 Å². The molecule has 2 N–H and O–H groups in total. The number of anilines is 2. The molecule has 0 spiro atoms. The second kappa shape index (κ2) is 5.66. The predicted octanol–water partition coefficient (Wildman–Crippen LogP) is 2.11. The first-order valence-electron chi connectivity index (χ1n) is 5.61. The Morgan fingerprint density at radius 1 is 1.47 bits per heavy atom. The van der Waals surface area contributed by atoms with Crippen LogP contribution in [-0.2, 0) is 0 Å². The summed E-state index contributed by atoms with van der Waals surface area (Å²) in [5.74, 6) is 0.499. The van der Waals surface area contributed by atoms with Crippen LogP contribution in [0.15, 0.2) is 16.7 Å². The van der Waals surface area contributed by atoms with Crippen LogP contribution in [0.25, 0.3) is 0 Å². The predicted molar refractivity (Wildman–Crippen MR) is 70.4 cm³/mol. The zero-order valence-corrected chi connectivity index (χ0v) is 11.2. The van der Waals surface area contributed by atoms with E-state index in [1.54, 1.807) is 13.0 Å². The summed E-state index contributed by atoms with van der Waals surface area (Å²) in [6.07, 6.45) is 1.41. The first-order chi connectivity index (χ1) is 9.10. The molecule has 1 amide bonds. The number of aromatic nitrogens is 3. The third-order valence-electron chi connectivity index (χ3n) is 2.20. The molecule has 0 aromatic carbocycles. The number of nitrogens with zero attached hydrogens (tertiary/aromatic N) is 3. The van der Waals surface area contributed by atoms with Gasteiger partial charge in [0.1, 0.15) is 5.82 Å². The molecule has 0 saturated carbocycles. The van der Waals surface area contributed by atoms with Gasteiger partial charge in [0.05, 0.1) is 10.6 Å². The highest BCUT2D eigenvalue weighted by Gasteiger charge is 2.14.